The van der Waals surface area contributed by atoms with Crippen LogP contribution in [0, 0.1) is 13.8 Å². The summed E-state index contributed by atoms with van der Waals surface area (Å²) >= 11 is 7.80. The molecule has 21 heavy (non-hydrogen) atoms. The molecule has 1 aliphatic rings. The number of aryl methyl sites for hydroxylation is 2. The highest BCUT2D eigenvalue weighted by atomic mass is 35.5. The predicted octanol–water partition coefficient (Wildman–Crippen LogP) is 3.46. The van der Waals surface area contributed by atoms with Gasteiger partial charge in [-0.2, -0.15) is 0 Å². The van der Waals surface area contributed by atoms with E-state index in [-0.39, 0.29) is 0 Å². The van der Waals surface area contributed by atoms with E-state index in [0.717, 1.165) is 16.3 Å². The van der Waals surface area contributed by atoms with E-state index in [1.165, 1.54) is 4.88 Å². The Hall–Kier alpha value is -1.30. The average molecular weight is 326 g/mol. The third-order valence-electron chi connectivity index (χ3n) is 3.44. The van der Waals surface area contributed by atoms with Gasteiger partial charge < -0.3 is 14.6 Å². The highest BCUT2D eigenvalue weighted by Gasteiger charge is 2.20. The first-order valence-electron chi connectivity index (χ1n) is 6.74. The Bertz CT molecular complexity index is 652. The molecule has 1 aliphatic heterocycles. The molecule has 4 nitrogen and oxygen atoms in total. The number of fused-ring (bicyclic) bond motifs is 1. The molecule has 0 bridgehead atoms. The van der Waals surface area contributed by atoms with Gasteiger partial charge in [0.25, 0.3) is 0 Å². The van der Waals surface area contributed by atoms with Crippen molar-refractivity contribution in [2.75, 3.05) is 13.2 Å². The number of aliphatic hydroxyl groups excluding tert-OH is 1. The number of halogens is 1. The van der Waals surface area contributed by atoms with Gasteiger partial charge in [0.1, 0.15) is 13.2 Å². The van der Waals surface area contributed by atoms with Crippen molar-refractivity contribution in [2.24, 2.45) is 0 Å². The number of benzene rings is 1. The van der Waals surface area contributed by atoms with Gasteiger partial charge in [0.05, 0.1) is 21.8 Å². The summed E-state index contributed by atoms with van der Waals surface area (Å²) in [5.74, 6) is 1.15. The standard InChI is InChI=1S/C15H16ClNO3S/c1-8-9(2)21-14(17-8)7-12(18)10-5-11(16)15-13(6-10)19-3-4-20-15/h5-6,12,18H,3-4,7H2,1-2H3. The highest BCUT2D eigenvalue weighted by molar-refractivity contribution is 7.11. The van der Waals surface area contributed by atoms with E-state index >= 15 is 0 Å². The maximum absolute atomic E-state index is 10.4. The van der Waals surface area contributed by atoms with Crippen molar-refractivity contribution < 1.29 is 14.6 Å². The molecule has 0 saturated heterocycles. The first kappa shape index (κ1) is 14.6. The number of thiazole rings is 1. The Morgan fingerprint density at radius 3 is 2.81 bits per heavy atom. The molecule has 112 valence electrons. The second-order valence-corrected chi connectivity index (χ2v) is 6.69. The molecule has 0 radical (unpaired) electrons. The summed E-state index contributed by atoms with van der Waals surface area (Å²) in [5, 5.41) is 11.8. The van der Waals surface area contributed by atoms with Gasteiger partial charge in [0.15, 0.2) is 11.5 Å². The minimum Gasteiger partial charge on any atom is -0.486 e. The second kappa shape index (κ2) is 5.83. The molecule has 6 heteroatoms. The van der Waals surface area contributed by atoms with Crippen LogP contribution >= 0.6 is 22.9 Å². The van der Waals surface area contributed by atoms with Gasteiger partial charge in [0, 0.05) is 11.3 Å². The van der Waals surface area contributed by atoms with Gasteiger partial charge >= 0.3 is 0 Å². The van der Waals surface area contributed by atoms with Crippen molar-refractivity contribution in [1.29, 1.82) is 0 Å². The maximum Gasteiger partial charge on any atom is 0.179 e. The van der Waals surface area contributed by atoms with Crippen LogP contribution in [0.4, 0.5) is 0 Å². The molecule has 3 rings (SSSR count). The monoisotopic (exact) mass is 325 g/mol. The van der Waals surface area contributed by atoms with E-state index in [1.54, 1.807) is 23.5 Å². The molecule has 1 N–H and O–H groups in total. The predicted molar refractivity (Wildman–Crippen MR) is 82.7 cm³/mol. The molecule has 0 aliphatic carbocycles. The summed E-state index contributed by atoms with van der Waals surface area (Å²) in [4.78, 5) is 5.63. The number of hydrogen-bond donors (Lipinski definition) is 1. The number of aliphatic hydroxyl groups is 1. The van der Waals surface area contributed by atoms with E-state index in [0.29, 0.717) is 36.2 Å². The van der Waals surface area contributed by atoms with Crippen molar-refractivity contribution >= 4 is 22.9 Å². The van der Waals surface area contributed by atoms with Crippen LogP contribution in [-0.4, -0.2) is 23.3 Å². The Kier molecular flexibility index (Phi) is 4.06. The summed E-state index contributed by atoms with van der Waals surface area (Å²) < 4.78 is 11.0. The third-order valence-corrected chi connectivity index (χ3v) is 4.82. The SMILES string of the molecule is Cc1nc(CC(O)c2cc(Cl)c3c(c2)OCCO3)sc1C. The van der Waals surface area contributed by atoms with Crippen molar-refractivity contribution in [3.63, 3.8) is 0 Å². The van der Waals surface area contributed by atoms with E-state index in [9.17, 15) is 5.11 Å². The van der Waals surface area contributed by atoms with Crippen LogP contribution in [0.5, 0.6) is 11.5 Å². The van der Waals surface area contributed by atoms with Crippen LogP contribution in [0.2, 0.25) is 5.02 Å². The third kappa shape index (κ3) is 3.00. The largest absolute Gasteiger partial charge is 0.486 e. The smallest absolute Gasteiger partial charge is 0.179 e. The molecule has 1 atom stereocenters. The molecule has 0 amide bonds. The summed E-state index contributed by atoms with van der Waals surface area (Å²) in [5.41, 5.74) is 1.73. The lowest BCUT2D eigenvalue weighted by Crippen LogP contribution is -2.16. The summed E-state index contributed by atoms with van der Waals surface area (Å²) in [6.07, 6.45) is -0.196. The van der Waals surface area contributed by atoms with Gasteiger partial charge in [-0.1, -0.05) is 11.6 Å². The van der Waals surface area contributed by atoms with Crippen molar-refractivity contribution in [2.45, 2.75) is 26.4 Å². The molecular weight excluding hydrogens is 310 g/mol. The van der Waals surface area contributed by atoms with E-state index in [2.05, 4.69) is 4.98 Å². The zero-order chi connectivity index (χ0) is 15.0. The minimum atomic E-state index is -0.664. The highest BCUT2D eigenvalue weighted by Crippen LogP contribution is 2.40. The van der Waals surface area contributed by atoms with Crippen molar-refractivity contribution in [3.8, 4) is 11.5 Å². The van der Waals surface area contributed by atoms with Crippen LogP contribution < -0.4 is 9.47 Å². The number of nitrogens with zero attached hydrogens (tertiary/aromatic N) is 1. The van der Waals surface area contributed by atoms with Crippen molar-refractivity contribution in [1.82, 2.24) is 4.98 Å². The van der Waals surface area contributed by atoms with Gasteiger partial charge in [0.2, 0.25) is 0 Å². The lowest BCUT2D eigenvalue weighted by Gasteiger charge is -2.21. The molecule has 1 unspecified atom stereocenters. The van der Waals surface area contributed by atoms with Crippen LogP contribution in [-0.2, 0) is 6.42 Å². The zero-order valence-electron chi connectivity index (χ0n) is 11.9. The Morgan fingerprint density at radius 1 is 1.33 bits per heavy atom. The first-order chi connectivity index (χ1) is 10.0. The van der Waals surface area contributed by atoms with E-state index in [1.807, 2.05) is 13.8 Å². The van der Waals surface area contributed by atoms with Gasteiger partial charge in [-0.3, -0.25) is 0 Å². The molecule has 1 aromatic heterocycles. The molecular formula is C15H16ClNO3S. The lowest BCUT2D eigenvalue weighted by atomic mass is 10.1. The fourth-order valence-corrected chi connectivity index (χ4v) is 3.48. The summed E-state index contributed by atoms with van der Waals surface area (Å²) in [6.45, 7) is 4.99. The summed E-state index contributed by atoms with van der Waals surface area (Å²) in [6, 6.07) is 3.52. The topological polar surface area (TPSA) is 51.6 Å². The fraction of sp³-hybridized carbons (Fsp3) is 0.400. The van der Waals surface area contributed by atoms with Crippen molar-refractivity contribution in [3.05, 3.63) is 38.3 Å². The Morgan fingerprint density at radius 2 is 2.10 bits per heavy atom. The summed E-state index contributed by atoms with van der Waals surface area (Å²) in [7, 11) is 0. The molecule has 2 heterocycles. The Balaban J connectivity index is 1.84. The normalized spacial score (nSPS) is 15.0. The van der Waals surface area contributed by atoms with Gasteiger partial charge in [-0.05, 0) is 31.5 Å². The van der Waals surface area contributed by atoms with E-state index in [4.69, 9.17) is 21.1 Å². The number of ether oxygens (including phenoxy) is 2. The number of aromatic nitrogens is 1. The lowest BCUT2D eigenvalue weighted by molar-refractivity contribution is 0.164. The number of rotatable bonds is 3. The second-order valence-electron chi connectivity index (χ2n) is 5.00. The van der Waals surface area contributed by atoms with Crippen LogP contribution in [0.3, 0.4) is 0 Å². The van der Waals surface area contributed by atoms with E-state index < -0.39 is 6.10 Å². The van der Waals surface area contributed by atoms with Crippen LogP contribution in [0.1, 0.15) is 27.2 Å². The molecule has 0 saturated carbocycles. The first-order valence-corrected chi connectivity index (χ1v) is 7.94. The maximum atomic E-state index is 10.4. The van der Waals surface area contributed by atoms with Gasteiger partial charge in [-0.25, -0.2) is 4.98 Å². The van der Waals surface area contributed by atoms with Crippen LogP contribution in [0.25, 0.3) is 0 Å². The van der Waals surface area contributed by atoms with Gasteiger partial charge in [-0.15, -0.1) is 11.3 Å². The fourth-order valence-electron chi connectivity index (χ4n) is 2.23. The zero-order valence-corrected chi connectivity index (χ0v) is 13.4. The quantitative estimate of drug-likeness (QED) is 0.939. The molecule has 2 aromatic rings. The minimum absolute atomic E-state index is 0.466. The molecule has 1 aromatic carbocycles. The average Bonchev–Trinajstić information content (AvgIpc) is 2.77. The molecule has 0 fully saturated rings. The molecule has 0 spiro atoms. The number of hydrogen-bond acceptors (Lipinski definition) is 5. The van der Waals surface area contributed by atoms with Crippen LogP contribution in [0.15, 0.2) is 12.1 Å². The Labute approximate surface area is 132 Å².